The van der Waals surface area contributed by atoms with Crippen LogP contribution in [0.25, 0.3) is 6.08 Å². The molecule has 0 atom stereocenters. The van der Waals surface area contributed by atoms with E-state index in [0.29, 0.717) is 30.9 Å². The number of likely N-dealkylation sites (tertiary alicyclic amines) is 1. The van der Waals surface area contributed by atoms with Crippen LogP contribution in [-0.4, -0.2) is 50.6 Å². The lowest BCUT2D eigenvalue weighted by molar-refractivity contribution is -0.116. The van der Waals surface area contributed by atoms with Gasteiger partial charge in [0.05, 0.1) is 11.4 Å². The first-order valence-corrected chi connectivity index (χ1v) is 12.7. The van der Waals surface area contributed by atoms with Crippen LogP contribution < -0.4 is 14.9 Å². The fourth-order valence-electron chi connectivity index (χ4n) is 3.98. The van der Waals surface area contributed by atoms with Crippen molar-refractivity contribution in [2.45, 2.75) is 25.8 Å². The van der Waals surface area contributed by atoms with Gasteiger partial charge in [-0.3, -0.25) is 9.10 Å². The van der Waals surface area contributed by atoms with Crippen molar-refractivity contribution in [2.75, 3.05) is 35.0 Å². The molecule has 2 aromatic rings. The number of rotatable bonds is 6. The van der Waals surface area contributed by atoms with E-state index in [0.717, 1.165) is 37.1 Å². The van der Waals surface area contributed by atoms with E-state index in [9.17, 15) is 18.0 Å². The molecular weight excluding hydrogens is 440 g/mol. The Morgan fingerprint density at radius 3 is 2.42 bits per heavy atom. The van der Waals surface area contributed by atoms with Crippen molar-refractivity contribution in [1.29, 1.82) is 0 Å². The molecular formula is C24H28N4O4S. The Morgan fingerprint density at radius 2 is 1.73 bits per heavy atom. The molecule has 2 N–H and O–H groups in total. The molecule has 0 aromatic heterocycles. The third-order valence-electron chi connectivity index (χ3n) is 5.75. The molecule has 174 valence electrons. The zero-order valence-corrected chi connectivity index (χ0v) is 19.2. The zero-order chi connectivity index (χ0) is 23.3. The minimum atomic E-state index is -3.20. The first-order valence-electron chi connectivity index (χ1n) is 11.1. The molecule has 2 aliphatic rings. The van der Waals surface area contributed by atoms with Crippen molar-refractivity contribution in [2.24, 2.45) is 0 Å². The number of amides is 3. The first kappa shape index (κ1) is 22.8. The summed E-state index contributed by atoms with van der Waals surface area (Å²) in [5.74, 6) is -0.0598. The number of nitrogens with one attached hydrogen (secondary N) is 2. The van der Waals surface area contributed by atoms with Crippen LogP contribution in [0.1, 0.15) is 30.4 Å². The lowest BCUT2D eigenvalue weighted by Gasteiger charge is -2.16. The van der Waals surface area contributed by atoms with Gasteiger partial charge >= 0.3 is 6.03 Å². The number of anilines is 2. The molecule has 2 fully saturated rings. The average Bonchev–Trinajstić information content (AvgIpc) is 3.46. The van der Waals surface area contributed by atoms with Crippen LogP contribution in [0.4, 0.5) is 16.2 Å². The van der Waals surface area contributed by atoms with E-state index in [1.165, 1.54) is 10.4 Å². The Labute approximate surface area is 194 Å². The van der Waals surface area contributed by atoms with Gasteiger partial charge < -0.3 is 15.5 Å². The molecule has 2 saturated heterocycles. The summed E-state index contributed by atoms with van der Waals surface area (Å²) in [5.41, 5.74) is 3.03. The summed E-state index contributed by atoms with van der Waals surface area (Å²) >= 11 is 0. The van der Waals surface area contributed by atoms with Gasteiger partial charge in [0.15, 0.2) is 0 Å². The Hall–Kier alpha value is -3.33. The molecule has 0 saturated carbocycles. The van der Waals surface area contributed by atoms with E-state index in [-0.39, 0.29) is 17.7 Å². The summed E-state index contributed by atoms with van der Waals surface area (Å²) in [6, 6.07) is 14.4. The molecule has 0 unspecified atom stereocenters. The van der Waals surface area contributed by atoms with Crippen LogP contribution in [-0.2, 0) is 21.4 Å². The minimum Gasteiger partial charge on any atom is -0.348 e. The van der Waals surface area contributed by atoms with E-state index in [4.69, 9.17) is 0 Å². The van der Waals surface area contributed by atoms with E-state index in [2.05, 4.69) is 10.6 Å². The fraction of sp³-hybridized carbons (Fsp3) is 0.333. The van der Waals surface area contributed by atoms with E-state index in [1.54, 1.807) is 35.2 Å². The average molecular weight is 469 g/mol. The molecule has 0 bridgehead atoms. The van der Waals surface area contributed by atoms with Gasteiger partial charge in [-0.2, -0.15) is 0 Å². The van der Waals surface area contributed by atoms with Crippen LogP contribution in [0, 0.1) is 0 Å². The number of urea groups is 1. The highest BCUT2D eigenvalue weighted by atomic mass is 32.2. The maximum atomic E-state index is 12.2. The van der Waals surface area contributed by atoms with Crippen LogP contribution >= 0.6 is 0 Å². The van der Waals surface area contributed by atoms with Crippen molar-refractivity contribution in [1.82, 2.24) is 10.2 Å². The molecule has 2 aliphatic heterocycles. The number of nitrogens with zero attached hydrogens (tertiary/aromatic N) is 2. The predicted molar refractivity (Wildman–Crippen MR) is 129 cm³/mol. The SMILES string of the molecule is O=C(C=Cc1ccc(N2CCCS2(=O)=O)cc1)NCc1cccc(NC(=O)N2CCCC2)c1. The second-order valence-electron chi connectivity index (χ2n) is 8.21. The van der Waals surface area contributed by atoms with Gasteiger partial charge in [0, 0.05) is 37.9 Å². The van der Waals surface area contributed by atoms with Crippen molar-refractivity contribution < 1.29 is 18.0 Å². The monoisotopic (exact) mass is 468 g/mol. The topological polar surface area (TPSA) is 98.8 Å². The molecule has 0 radical (unpaired) electrons. The summed E-state index contributed by atoms with van der Waals surface area (Å²) in [7, 11) is -3.20. The van der Waals surface area contributed by atoms with Crippen LogP contribution in [0.15, 0.2) is 54.6 Å². The highest BCUT2D eigenvalue weighted by Gasteiger charge is 2.28. The number of benzene rings is 2. The van der Waals surface area contributed by atoms with Crippen LogP contribution in [0.5, 0.6) is 0 Å². The number of hydrogen-bond donors (Lipinski definition) is 2. The quantitative estimate of drug-likeness (QED) is 0.636. The Kier molecular flexibility index (Phi) is 6.98. The second kappa shape index (κ2) is 10.1. The minimum absolute atomic E-state index is 0.0926. The van der Waals surface area contributed by atoms with Crippen molar-refractivity contribution in [3.05, 3.63) is 65.7 Å². The van der Waals surface area contributed by atoms with Gasteiger partial charge in [-0.25, -0.2) is 13.2 Å². The lowest BCUT2D eigenvalue weighted by atomic mass is 10.2. The number of carbonyl (C=O) groups excluding carboxylic acids is 2. The Balaban J connectivity index is 1.28. The maximum Gasteiger partial charge on any atom is 0.321 e. The molecule has 2 aromatic carbocycles. The number of carbonyl (C=O) groups is 2. The molecule has 0 aliphatic carbocycles. The van der Waals surface area contributed by atoms with Crippen LogP contribution in [0.3, 0.4) is 0 Å². The normalized spacial score (nSPS) is 17.5. The van der Waals surface area contributed by atoms with Gasteiger partial charge in [0.2, 0.25) is 15.9 Å². The standard InChI is InChI=1S/C24H28N4O4S/c29-23(12-9-19-7-10-22(11-8-19)28-15-4-16-33(28,31)32)25-18-20-5-3-6-21(17-20)26-24(30)27-13-1-2-14-27/h3,5-12,17H,1-2,4,13-16,18H2,(H,25,29)(H,26,30). The third kappa shape index (κ3) is 5.92. The van der Waals surface area contributed by atoms with Crippen molar-refractivity contribution in [3.8, 4) is 0 Å². The number of hydrogen-bond acceptors (Lipinski definition) is 4. The van der Waals surface area contributed by atoms with Gasteiger partial charge in [0.25, 0.3) is 0 Å². The fourth-order valence-corrected chi connectivity index (χ4v) is 5.55. The Morgan fingerprint density at radius 1 is 0.970 bits per heavy atom. The molecule has 8 nitrogen and oxygen atoms in total. The van der Waals surface area contributed by atoms with Crippen molar-refractivity contribution in [3.63, 3.8) is 0 Å². The summed E-state index contributed by atoms with van der Waals surface area (Å²) in [6.45, 7) is 2.41. The summed E-state index contributed by atoms with van der Waals surface area (Å²) in [6.07, 6.45) is 5.85. The molecule has 3 amide bonds. The molecule has 4 rings (SSSR count). The molecule has 9 heteroatoms. The highest BCUT2D eigenvalue weighted by molar-refractivity contribution is 7.93. The van der Waals surface area contributed by atoms with E-state index in [1.807, 2.05) is 24.3 Å². The van der Waals surface area contributed by atoms with Gasteiger partial charge in [-0.15, -0.1) is 0 Å². The van der Waals surface area contributed by atoms with E-state index < -0.39 is 10.0 Å². The third-order valence-corrected chi connectivity index (χ3v) is 7.62. The highest BCUT2D eigenvalue weighted by Crippen LogP contribution is 2.24. The smallest absolute Gasteiger partial charge is 0.321 e. The summed E-state index contributed by atoms with van der Waals surface area (Å²) < 4.78 is 25.5. The Bertz CT molecular complexity index is 1140. The van der Waals surface area contributed by atoms with Gasteiger partial charge in [-0.1, -0.05) is 24.3 Å². The maximum absolute atomic E-state index is 12.2. The van der Waals surface area contributed by atoms with Crippen molar-refractivity contribution >= 4 is 39.4 Å². The van der Waals surface area contributed by atoms with Gasteiger partial charge in [-0.05, 0) is 60.7 Å². The summed E-state index contributed by atoms with van der Waals surface area (Å²) in [4.78, 5) is 26.3. The number of sulfonamides is 1. The molecule has 33 heavy (non-hydrogen) atoms. The second-order valence-corrected chi connectivity index (χ2v) is 10.2. The zero-order valence-electron chi connectivity index (χ0n) is 18.4. The largest absolute Gasteiger partial charge is 0.348 e. The predicted octanol–water partition coefficient (Wildman–Crippen LogP) is 3.18. The summed E-state index contributed by atoms with van der Waals surface area (Å²) in [5, 5.41) is 5.74. The lowest BCUT2D eigenvalue weighted by Crippen LogP contribution is -2.32. The van der Waals surface area contributed by atoms with Crippen LogP contribution in [0.2, 0.25) is 0 Å². The molecule has 0 spiro atoms. The first-order chi connectivity index (χ1) is 15.9. The van der Waals surface area contributed by atoms with Gasteiger partial charge in [0.1, 0.15) is 0 Å². The van der Waals surface area contributed by atoms with E-state index >= 15 is 0 Å². The molecule has 2 heterocycles.